The van der Waals surface area contributed by atoms with Gasteiger partial charge in [-0.25, -0.2) is 4.39 Å². The van der Waals surface area contributed by atoms with E-state index in [0.29, 0.717) is 36.6 Å². The van der Waals surface area contributed by atoms with Crippen LogP contribution in [0.3, 0.4) is 0 Å². The van der Waals surface area contributed by atoms with Crippen LogP contribution in [0.15, 0.2) is 42.5 Å². The Kier molecular flexibility index (Phi) is 8.62. The van der Waals surface area contributed by atoms with E-state index in [0.717, 1.165) is 11.1 Å². The maximum atomic E-state index is 14.1. The molecular weight excluding hydrogens is 393 g/mol. The van der Waals surface area contributed by atoms with Gasteiger partial charge in [0.25, 0.3) is 0 Å². The van der Waals surface area contributed by atoms with Crippen molar-refractivity contribution in [2.45, 2.75) is 39.7 Å². The normalized spacial score (nSPS) is 14.3. The van der Waals surface area contributed by atoms with Gasteiger partial charge in [-0.15, -0.1) is 0 Å². The zero-order chi connectivity index (χ0) is 21.4. The molecule has 0 radical (unpaired) electrons. The first-order valence-electron chi connectivity index (χ1n) is 9.84. The first-order valence-corrected chi connectivity index (χ1v) is 10.2. The van der Waals surface area contributed by atoms with Crippen LogP contribution in [-0.2, 0) is 20.7 Å². The largest absolute Gasteiger partial charge is 0.466 e. The molecule has 0 saturated carbocycles. The third kappa shape index (κ3) is 6.53. The van der Waals surface area contributed by atoms with E-state index in [4.69, 9.17) is 26.8 Å². The topological polar surface area (TPSA) is 61.5 Å². The zero-order valence-electron chi connectivity index (χ0n) is 17.2. The Morgan fingerprint density at radius 3 is 2.48 bits per heavy atom. The molecule has 2 atom stereocenters. The first kappa shape index (κ1) is 23.3. The lowest BCUT2D eigenvalue weighted by Gasteiger charge is -2.29. The Labute approximate surface area is 177 Å². The zero-order valence-corrected chi connectivity index (χ0v) is 18.0. The molecule has 0 fully saturated rings. The Bertz CT molecular complexity index is 812. The predicted molar refractivity (Wildman–Crippen MR) is 114 cm³/mol. The molecule has 2 aromatic carbocycles. The highest BCUT2D eigenvalue weighted by Crippen LogP contribution is 2.28. The number of carbonyl (C=O) groups is 1. The molecule has 0 aliphatic heterocycles. The van der Waals surface area contributed by atoms with Gasteiger partial charge in [0.2, 0.25) is 0 Å². The van der Waals surface area contributed by atoms with Crippen molar-refractivity contribution in [1.82, 2.24) is 0 Å². The third-order valence-corrected chi connectivity index (χ3v) is 5.03. The number of hydrogen-bond acceptors (Lipinski definition) is 4. The summed E-state index contributed by atoms with van der Waals surface area (Å²) in [7, 11) is 0. The number of hydrogen-bond donors (Lipinski definition) is 1. The lowest BCUT2D eigenvalue weighted by Crippen LogP contribution is -2.41. The minimum atomic E-state index is -0.796. The minimum Gasteiger partial charge on any atom is -0.466 e. The lowest BCUT2D eigenvalue weighted by atomic mass is 9.82. The first-order chi connectivity index (χ1) is 13.8. The maximum Gasteiger partial charge on any atom is 0.314 e. The molecule has 0 bridgehead atoms. The Balaban J connectivity index is 2.08. The van der Waals surface area contributed by atoms with Gasteiger partial charge in [-0.05, 0) is 62.9 Å². The minimum absolute atomic E-state index is 0.251. The van der Waals surface area contributed by atoms with Crippen LogP contribution in [0, 0.1) is 11.2 Å². The van der Waals surface area contributed by atoms with Crippen LogP contribution in [0.5, 0.6) is 0 Å². The summed E-state index contributed by atoms with van der Waals surface area (Å²) in [6, 6.07) is 11.8. The smallest absolute Gasteiger partial charge is 0.314 e. The summed E-state index contributed by atoms with van der Waals surface area (Å²) < 4.78 is 24.8. The van der Waals surface area contributed by atoms with Gasteiger partial charge in [0, 0.05) is 23.2 Å². The van der Waals surface area contributed by atoms with Gasteiger partial charge in [-0.2, -0.15) is 0 Å². The fraction of sp³-hybridized carbons (Fsp3) is 0.435. The SMILES string of the molecule is CCOC[C@](C)(C[C@H](N)Cc1ccc(-c2cc(Cl)ccc2F)cc1)C(=O)OCC. The van der Waals surface area contributed by atoms with Crippen LogP contribution in [0.2, 0.25) is 5.02 Å². The predicted octanol–water partition coefficient (Wildman–Crippen LogP) is 5.01. The van der Waals surface area contributed by atoms with Crippen molar-refractivity contribution < 1.29 is 18.7 Å². The molecule has 0 unspecified atom stereocenters. The number of benzene rings is 2. The average Bonchev–Trinajstić information content (AvgIpc) is 2.69. The Morgan fingerprint density at radius 1 is 1.17 bits per heavy atom. The fourth-order valence-electron chi connectivity index (χ4n) is 3.33. The van der Waals surface area contributed by atoms with E-state index in [2.05, 4.69) is 0 Å². The quantitative estimate of drug-likeness (QED) is 0.547. The van der Waals surface area contributed by atoms with E-state index < -0.39 is 5.41 Å². The summed E-state index contributed by atoms with van der Waals surface area (Å²) in [5, 5.41) is 0.486. The van der Waals surface area contributed by atoms with Crippen molar-refractivity contribution in [3.05, 3.63) is 58.9 Å². The fourth-order valence-corrected chi connectivity index (χ4v) is 3.50. The van der Waals surface area contributed by atoms with E-state index in [1.165, 1.54) is 12.1 Å². The number of esters is 1. The summed E-state index contributed by atoms with van der Waals surface area (Å²) in [4.78, 5) is 12.4. The summed E-state index contributed by atoms with van der Waals surface area (Å²) >= 11 is 5.98. The van der Waals surface area contributed by atoms with E-state index in [9.17, 15) is 9.18 Å². The Morgan fingerprint density at radius 2 is 1.86 bits per heavy atom. The van der Waals surface area contributed by atoms with Gasteiger partial charge in [0.05, 0.1) is 18.6 Å². The summed E-state index contributed by atoms with van der Waals surface area (Å²) in [5.74, 6) is -0.615. The van der Waals surface area contributed by atoms with Crippen LogP contribution >= 0.6 is 11.6 Å². The van der Waals surface area contributed by atoms with Crippen LogP contribution in [0.25, 0.3) is 11.1 Å². The molecular formula is C23H29ClFNO3. The van der Waals surface area contributed by atoms with Crippen molar-refractivity contribution in [2.75, 3.05) is 19.8 Å². The molecule has 29 heavy (non-hydrogen) atoms. The van der Waals surface area contributed by atoms with Crippen molar-refractivity contribution in [3.63, 3.8) is 0 Å². The second-order valence-electron chi connectivity index (χ2n) is 7.41. The molecule has 0 heterocycles. The summed E-state index contributed by atoms with van der Waals surface area (Å²) in [6.07, 6.45) is 1.02. The third-order valence-electron chi connectivity index (χ3n) is 4.80. The molecule has 0 spiro atoms. The second-order valence-corrected chi connectivity index (χ2v) is 7.84. The van der Waals surface area contributed by atoms with Crippen LogP contribution in [0.4, 0.5) is 4.39 Å². The summed E-state index contributed by atoms with van der Waals surface area (Å²) in [6.45, 7) is 6.59. The average molecular weight is 422 g/mol. The summed E-state index contributed by atoms with van der Waals surface area (Å²) in [5.41, 5.74) is 7.76. The molecule has 2 rings (SSSR count). The number of rotatable bonds is 10. The second kappa shape index (κ2) is 10.7. The number of carbonyl (C=O) groups excluding carboxylic acids is 1. The standard InChI is InChI=1S/C23H29ClFNO3/c1-4-28-15-23(3,22(27)29-5-2)14-19(26)12-16-6-8-17(9-7-16)20-13-18(24)10-11-21(20)25/h6-11,13,19H,4-5,12,14-15,26H2,1-3H3/t19-,23+/m1/s1. The maximum absolute atomic E-state index is 14.1. The van der Waals surface area contributed by atoms with Crippen LogP contribution in [0.1, 0.15) is 32.8 Å². The van der Waals surface area contributed by atoms with Crippen LogP contribution < -0.4 is 5.73 Å². The molecule has 0 aliphatic carbocycles. The van der Waals surface area contributed by atoms with E-state index in [1.807, 2.05) is 38.1 Å². The van der Waals surface area contributed by atoms with Gasteiger partial charge in [-0.1, -0.05) is 35.9 Å². The Hall–Kier alpha value is -1.95. The molecule has 2 N–H and O–H groups in total. The molecule has 6 heteroatoms. The van der Waals surface area contributed by atoms with Crippen molar-refractivity contribution in [2.24, 2.45) is 11.1 Å². The highest BCUT2D eigenvalue weighted by atomic mass is 35.5. The molecule has 4 nitrogen and oxygen atoms in total. The van der Waals surface area contributed by atoms with Gasteiger partial charge < -0.3 is 15.2 Å². The highest BCUT2D eigenvalue weighted by Gasteiger charge is 2.36. The van der Waals surface area contributed by atoms with Crippen molar-refractivity contribution in [3.8, 4) is 11.1 Å². The molecule has 0 aliphatic rings. The van der Waals surface area contributed by atoms with Crippen molar-refractivity contribution in [1.29, 1.82) is 0 Å². The van der Waals surface area contributed by atoms with E-state index >= 15 is 0 Å². The van der Waals surface area contributed by atoms with Crippen LogP contribution in [-0.4, -0.2) is 31.8 Å². The monoisotopic (exact) mass is 421 g/mol. The molecule has 0 amide bonds. The number of nitrogens with two attached hydrogens (primary N) is 1. The molecule has 2 aromatic rings. The number of ether oxygens (including phenoxy) is 2. The number of halogens is 2. The van der Waals surface area contributed by atoms with E-state index in [-0.39, 0.29) is 24.4 Å². The molecule has 158 valence electrons. The van der Waals surface area contributed by atoms with Gasteiger partial charge in [0.1, 0.15) is 5.82 Å². The van der Waals surface area contributed by atoms with Gasteiger partial charge in [-0.3, -0.25) is 4.79 Å². The highest BCUT2D eigenvalue weighted by molar-refractivity contribution is 6.30. The van der Waals surface area contributed by atoms with E-state index in [1.54, 1.807) is 13.0 Å². The lowest BCUT2D eigenvalue weighted by molar-refractivity contribution is -0.159. The van der Waals surface area contributed by atoms with Gasteiger partial charge >= 0.3 is 5.97 Å². The molecule has 0 aromatic heterocycles. The van der Waals surface area contributed by atoms with Gasteiger partial charge in [0.15, 0.2) is 0 Å². The van der Waals surface area contributed by atoms with Crippen molar-refractivity contribution >= 4 is 17.6 Å². The molecule has 0 saturated heterocycles.